The molecule has 11 heteroatoms. The van der Waals surface area contributed by atoms with Gasteiger partial charge < -0.3 is 9.15 Å². The van der Waals surface area contributed by atoms with E-state index >= 15 is 0 Å². The summed E-state index contributed by atoms with van der Waals surface area (Å²) in [6.07, 6.45) is 6.42. The monoisotopic (exact) mass is 652 g/mol. The second-order valence-electron chi connectivity index (χ2n) is 9.65. The minimum Gasteiger partial charge on any atom is -0.463 e. The first-order valence-electron chi connectivity index (χ1n) is 13.4. The first kappa shape index (κ1) is 29.2. The molecular weight excluding hydrogens is 624 g/mol. The summed E-state index contributed by atoms with van der Waals surface area (Å²) in [6, 6.07) is 11.0. The number of hydrogen-bond acceptors (Lipinski definition) is 9. The number of halogens is 1. The molecule has 1 atom stereocenters. The van der Waals surface area contributed by atoms with Crippen molar-refractivity contribution in [3.63, 3.8) is 0 Å². The van der Waals surface area contributed by atoms with Crippen molar-refractivity contribution < 1.29 is 13.9 Å². The average Bonchev–Trinajstić information content (AvgIpc) is 3.46. The van der Waals surface area contributed by atoms with E-state index in [1.165, 1.54) is 28.7 Å². The van der Waals surface area contributed by atoms with Crippen LogP contribution in [0, 0.1) is 0 Å². The third kappa shape index (κ3) is 6.17. The quantitative estimate of drug-likeness (QED) is 0.162. The second-order valence-corrected chi connectivity index (χ2v) is 12.5. The number of esters is 1. The second kappa shape index (κ2) is 12.7. The highest BCUT2D eigenvalue weighted by Gasteiger charge is 2.34. The molecular formula is C30H29BrN4O4S2. The number of hydrogen-bond donors (Lipinski definition) is 0. The maximum atomic E-state index is 14.0. The van der Waals surface area contributed by atoms with Gasteiger partial charge in [0.25, 0.3) is 5.56 Å². The largest absolute Gasteiger partial charge is 0.463 e. The predicted octanol–water partition coefficient (Wildman–Crippen LogP) is 6.00. The van der Waals surface area contributed by atoms with Crippen LogP contribution in [0.1, 0.15) is 69.4 Å². The molecule has 1 aliphatic heterocycles. The molecule has 1 aromatic carbocycles. The first-order valence-corrected chi connectivity index (χ1v) is 15.8. The lowest BCUT2D eigenvalue weighted by molar-refractivity contribution is -0.139. The normalized spacial score (nSPS) is 15.3. The zero-order valence-corrected chi connectivity index (χ0v) is 26.3. The van der Waals surface area contributed by atoms with Crippen molar-refractivity contribution in [3.05, 3.63) is 101 Å². The van der Waals surface area contributed by atoms with Gasteiger partial charge in [0.15, 0.2) is 15.1 Å². The highest BCUT2D eigenvalue weighted by Crippen LogP contribution is 2.35. The van der Waals surface area contributed by atoms with Gasteiger partial charge in [0.1, 0.15) is 5.76 Å². The van der Waals surface area contributed by atoms with Crippen LogP contribution in [0.25, 0.3) is 6.08 Å². The topological polar surface area (TPSA) is 99.6 Å². The molecule has 0 aliphatic carbocycles. The Morgan fingerprint density at radius 3 is 2.61 bits per heavy atom. The van der Waals surface area contributed by atoms with Crippen LogP contribution in [0.15, 0.2) is 89.0 Å². The molecule has 0 saturated carbocycles. The van der Waals surface area contributed by atoms with Crippen LogP contribution < -0.4 is 14.9 Å². The summed E-state index contributed by atoms with van der Waals surface area (Å²) in [5.41, 5.74) is 2.81. The van der Waals surface area contributed by atoms with Crippen LogP contribution in [0.2, 0.25) is 0 Å². The van der Waals surface area contributed by atoms with Crippen molar-refractivity contribution in [2.45, 2.75) is 62.7 Å². The summed E-state index contributed by atoms with van der Waals surface area (Å²) in [5, 5.41) is 1.13. The van der Waals surface area contributed by atoms with E-state index in [9.17, 15) is 9.59 Å². The highest BCUT2D eigenvalue weighted by atomic mass is 79.9. The third-order valence-electron chi connectivity index (χ3n) is 6.49. The van der Waals surface area contributed by atoms with Crippen molar-refractivity contribution in [3.8, 4) is 0 Å². The molecule has 0 radical (unpaired) electrons. The summed E-state index contributed by atoms with van der Waals surface area (Å²) in [6.45, 7) is 8.30. The standard InChI is InChI=1S/C30H29BrN4O4S2/c1-5-8-22-24(27(37)38-6-2)25(19-11-9-18(10-12-19)17(3)4)35-26(36)23(40-30(35)34-22)16-20-15-21(31)28(39-20)41-29-32-13-7-14-33-29/h7,9-17,25H,5-6,8H2,1-4H3/b23-16+/t25-/m0/s1. The summed E-state index contributed by atoms with van der Waals surface area (Å²) >= 11 is 6.09. The van der Waals surface area contributed by atoms with Gasteiger partial charge in [0.05, 0.1) is 32.9 Å². The molecule has 0 spiro atoms. The zero-order valence-electron chi connectivity index (χ0n) is 23.1. The number of carbonyl (C=O) groups is 1. The van der Waals surface area contributed by atoms with Crippen LogP contribution in [0.5, 0.6) is 0 Å². The van der Waals surface area contributed by atoms with E-state index in [0.717, 1.165) is 16.5 Å². The summed E-state index contributed by atoms with van der Waals surface area (Å²) in [4.78, 5) is 41.2. The number of carbonyl (C=O) groups excluding carboxylic acids is 1. The molecule has 4 heterocycles. The molecule has 0 unspecified atom stereocenters. The minimum absolute atomic E-state index is 0.229. The maximum Gasteiger partial charge on any atom is 0.338 e. The molecule has 1 aliphatic rings. The lowest BCUT2D eigenvalue weighted by Gasteiger charge is -2.26. The van der Waals surface area contributed by atoms with Crippen molar-refractivity contribution in [2.24, 2.45) is 4.99 Å². The molecule has 0 saturated heterocycles. The van der Waals surface area contributed by atoms with E-state index < -0.39 is 12.0 Å². The van der Waals surface area contributed by atoms with Gasteiger partial charge in [-0.3, -0.25) is 9.36 Å². The summed E-state index contributed by atoms with van der Waals surface area (Å²) in [5.74, 6) is 0.398. The lowest BCUT2D eigenvalue weighted by atomic mass is 9.92. The SMILES string of the molecule is CCCC1=C(C(=O)OCC)[C@H](c2ccc(C(C)C)cc2)n2c(s/c(=C/c3cc(Br)c(Sc4ncccn4)o3)c2=O)=N1. The summed E-state index contributed by atoms with van der Waals surface area (Å²) in [7, 11) is 0. The van der Waals surface area contributed by atoms with Crippen molar-refractivity contribution >= 4 is 51.1 Å². The number of rotatable bonds is 9. The fourth-order valence-corrected chi connectivity index (χ4v) is 6.80. The van der Waals surface area contributed by atoms with Crippen molar-refractivity contribution in [2.75, 3.05) is 6.61 Å². The number of fused-ring (bicyclic) bond motifs is 1. The van der Waals surface area contributed by atoms with Gasteiger partial charge >= 0.3 is 5.97 Å². The lowest BCUT2D eigenvalue weighted by Crippen LogP contribution is -2.40. The Morgan fingerprint density at radius 2 is 1.95 bits per heavy atom. The average molecular weight is 654 g/mol. The fraction of sp³-hybridized carbons (Fsp3) is 0.300. The van der Waals surface area contributed by atoms with E-state index in [1.807, 2.05) is 31.2 Å². The molecule has 0 amide bonds. The maximum absolute atomic E-state index is 14.0. The smallest absolute Gasteiger partial charge is 0.338 e. The van der Waals surface area contributed by atoms with Crippen LogP contribution in [0.4, 0.5) is 0 Å². The number of nitrogens with zero attached hydrogens (tertiary/aromatic N) is 4. The molecule has 0 fully saturated rings. The van der Waals surface area contributed by atoms with Crippen molar-refractivity contribution in [1.29, 1.82) is 0 Å². The molecule has 0 N–H and O–H groups in total. The van der Waals surface area contributed by atoms with E-state index in [-0.39, 0.29) is 12.2 Å². The van der Waals surface area contributed by atoms with Gasteiger partial charge in [-0.2, -0.15) is 0 Å². The Morgan fingerprint density at radius 1 is 1.22 bits per heavy atom. The molecule has 3 aromatic heterocycles. The van der Waals surface area contributed by atoms with Crippen molar-refractivity contribution in [1.82, 2.24) is 14.5 Å². The predicted molar refractivity (Wildman–Crippen MR) is 163 cm³/mol. The number of allylic oxidation sites excluding steroid dienone is 1. The van der Waals surface area contributed by atoms with E-state index in [2.05, 4.69) is 39.7 Å². The van der Waals surface area contributed by atoms with Crippen LogP contribution in [0.3, 0.4) is 0 Å². The fourth-order valence-electron chi connectivity index (χ4n) is 4.56. The Bertz CT molecular complexity index is 1770. The van der Waals surface area contributed by atoms with Crippen LogP contribution in [-0.4, -0.2) is 27.1 Å². The third-order valence-corrected chi connectivity index (χ3v) is 9.20. The Labute approximate surface area is 254 Å². The van der Waals surface area contributed by atoms with Gasteiger partial charge in [0, 0.05) is 18.5 Å². The Kier molecular flexibility index (Phi) is 9.06. The highest BCUT2D eigenvalue weighted by molar-refractivity contribution is 9.10. The molecule has 5 rings (SSSR count). The molecule has 8 nitrogen and oxygen atoms in total. The summed E-state index contributed by atoms with van der Waals surface area (Å²) < 4.78 is 14.3. The van der Waals surface area contributed by atoms with Gasteiger partial charge in [-0.25, -0.2) is 19.8 Å². The molecule has 0 bridgehead atoms. The Hall–Kier alpha value is -3.28. The van der Waals surface area contributed by atoms with Crippen LogP contribution in [-0.2, 0) is 9.53 Å². The number of furan rings is 1. The van der Waals surface area contributed by atoms with E-state index in [0.29, 0.717) is 49.0 Å². The van der Waals surface area contributed by atoms with Gasteiger partial charge in [-0.15, -0.1) is 0 Å². The molecule has 212 valence electrons. The molecule has 4 aromatic rings. The van der Waals surface area contributed by atoms with Gasteiger partial charge in [0.2, 0.25) is 0 Å². The van der Waals surface area contributed by atoms with E-state index in [4.69, 9.17) is 14.1 Å². The number of ether oxygens (including phenoxy) is 1. The van der Waals surface area contributed by atoms with E-state index in [1.54, 1.807) is 42.1 Å². The molecule has 41 heavy (non-hydrogen) atoms. The Balaban J connectivity index is 1.64. The zero-order chi connectivity index (χ0) is 29.1. The van der Waals surface area contributed by atoms with Gasteiger partial charge in [-0.05, 0) is 70.2 Å². The number of benzene rings is 1. The first-order chi connectivity index (χ1) is 19.8. The minimum atomic E-state index is -0.653. The van der Waals surface area contributed by atoms with Gasteiger partial charge in [-0.1, -0.05) is 62.8 Å². The number of aromatic nitrogens is 3. The number of thiazole rings is 1. The van der Waals surface area contributed by atoms with Crippen LogP contribution >= 0.6 is 39.0 Å².